The van der Waals surface area contributed by atoms with Crippen molar-refractivity contribution in [2.45, 2.75) is 19.7 Å². The lowest BCUT2D eigenvalue weighted by Crippen LogP contribution is -2.38. The minimum absolute atomic E-state index is 0.425. The molecule has 0 unspecified atom stereocenters. The number of hydrogen-bond acceptors (Lipinski definition) is 8. The summed E-state index contributed by atoms with van der Waals surface area (Å²) in [7, 11) is 3.30. The Bertz CT molecular complexity index is 1640. The Hall–Kier alpha value is -4.54. The summed E-state index contributed by atoms with van der Waals surface area (Å²) in [6.07, 6.45) is 4.00. The first-order valence-electron chi connectivity index (χ1n) is 14.1. The van der Waals surface area contributed by atoms with E-state index in [0.29, 0.717) is 30.6 Å². The molecule has 0 spiro atoms. The summed E-state index contributed by atoms with van der Waals surface area (Å²) >= 11 is 0. The summed E-state index contributed by atoms with van der Waals surface area (Å²) in [5.41, 5.74) is 12.4. The van der Waals surface area contributed by atoms with E-state index in [2.05, 4.69) is 39.4 Å². The summed E-state index contributed by atoms with van der Waals surface area (Å²) in [5, 5.41) is 4.58. The fraction of sp³-hybridized carbons (Fsp3) is 0.312. The second-order valence-electron chi connectivity index (χ2n) is 10.3. The van der Waals surface area contributed by atoms with Crippen LogP contribution >= 0.6 is 0 Å². The van der Waals surface area contributed by atoms with Crippen molar-refractivity contribution in [3.05, 3.63) is 84.2 Å². The van der Waals surface area contributed by atoms with Crippen molar-refractivity contribution in [2.75, 3.05) is 52.8 Å². The summed E-state index contributed by atoms with van der Waals surface area (Å²) < 4.78 is 26.4. The number of morpholine rings is 1. The molecule has 0 saturated carbocycles. The molecule has 0 atom stereocenters. The molecule has 0 bridgehead atoms. The first-order valence-corrected chi connectivity index (χ1v) is 14.1. The first kappa shape index (κ1) is 27.6. The Balaban J connectivity index is 1.14. The fourth-order valence-electron chi connectivity index (χ4n) is 5.19. The molecule has 218 valence electrons. The third-order valence-electron chi connectivity index (χ3n) is 7.62. The number of imidazole rings is 1. The number of nitrogen functional groups attached to an aromatic ring is 1. The highest BCUT2D eigenvalue weighted by Crippen LogP contribution is 2.31. The Kier molecular flexibility index (Phi) is 8.25. The van der Waals surface area contributed by atoms with Crippen molar-refractivity contribution >= 4 is 17.0 Å². The fourth-order valence-corrected chi connectivity index (χ4v) is 5.19. The molecule has 5 aromatic rings. The van der Waals surface area contributed by atoms with E-state index >= 15 is 0 Å². The molecule has 0 radical (unpaired) electrons. The van der Waals surface area contributed by atoms with Crippen LogP contribution in [0.1, 0.15) is 11.1 Å². The molecule has 0 aliphatic carbocycles. The van der Waals surface area contributed by atoms with Crippen LogP contribution in [-0.2, 0) is 24.4 Å². The van der Waals surface area contributed by atoms with E-state index < -0.39 is 0 Å². The number of ether oxygens (including phenoxy) is 4. The average molecular weight is 569 g/mol. The Labute approximate surface area is 245 Å². The predicted octanol–water partition coefficient (Wildman–Crippen LogP) is 4.46. The molecule has 1 saturated heterocycles. The normalized spacial score (nSPS) is 13.9. The molecule has 1 aliphatic heterocycles. The van der Waals surface area contributed by atoms with Gasteiger partial charge in [0.05, 0.1) is 57.8 Å². The molecule has 10 nitrogen and oxygen atoms in total. The number of aromatic nitrogens is 4. The Morgan fingerprint density at radius 3 is 2.45 bits per heavy atom. The van der Waals surface area contributed by atoms with Gasteiger partial charge < -0.3 is 29.2 Å². The van der Waals surface area contributed by atoms with Crippen LogP contribution in [-0.4, -0.2) is 71.3 Å². The van der Waals surface area contributed by atoms with E-state index in [1.165, 1.54) is 0 Å². The van der Waals surface area contributed by atoms with Crippen molar-refractivity contribution in [3.63, 3.8) is 0 Å². The Morgan fingerprint density at radius 2 is 1.67 bits per heavy atom. The lowest BCUT2D eigenvalue weighted by Gasteiger charge is -2.26. The van der Waals surface area contributed by atoms with Crippen LogP contribution in [0.3, 0.4) is 0 Å². The number of methoxy groups -OCH3 is 2. The predicted molar refractivity (Wildman–Crippen MR) is 162 cm³/mol. The second kappa shape index (κ2) is 12.5. The van der Waals surface area contributed by atoms with E-state index in [4.69, 9.17) is 24.7 Å². The monoisotopic (exact) mass is 568 g/mol. The average Bonchev–Trinajstić information content (AvgIpc) is 3.63. The summed E-state index contributed by atoms with van der Waals surface area (Å²) in [6, 6.07) is 20.0. The number of anilines is 1. The topological polar surface area (TPSA) is 102 Å². The zero-order valence-electron chi connectivity index (χ0n) is 24.0. The van der Waals surface area contributed by atoms with Gasteiger partial charge in [0.15, 0.2) is 11.5 Å². The highest BCUT2D eigenvalue weighted by molar-refractivity contribution is 5.84. The minimum Gasteiger partial charge on any atom is -0.497 e. The molecule has 6 rings (SSSR count). The molecule has 2 aromatic heterocycles. The number of rotatable bonds is 11. The second-order valence-corrected chi connectivity index (χ2v) is 10.3. The lowest BCUT2D eigenvalue weighted by atomic mass is 10.1. The van der Waals surface area contributed by atoms with Crippen LogP contribution in [0.25, 0.3) is 22.2 Å². The van der Waals surface area contributed by atoms with Gasteiger partial charge in [0, 0.05) is 31.4 Å². The molecule has 42 heavy (non-hydrogen) atoms. The zero-order chi connectivity index (χ0) is 28.9. The first-order chi connectivity index (χ1) is 20.6. The van der Waals surface area contributed by atoms with Crippen LogP contribution in [0, 0.1) is 0 Å². The standard InChI is InChI=1S/C32H36N6O4/c1-39-27-7-3-23(4-8-27)22-42-30-10-5-24(17-31(30)40-2)20-38-29-9-6-25(18-28(29)35-32(38)33)26-19-34-37(21-26)12-11-36-13-15-41-16-14-36/h3-10,17-19,21H,11-16,20,22H2,1-2H3,(H2,33,35). The third kappa shape index (κ3) is 6.19. The molecule has 2 N–H and O–H groups in total. The van der Waals surface area contributed by atoms with E-state index in [0.717, 1.165) is 78.4 Å². The molecule has 3 aromatic carbocycles. The van der Waals surface area contributed by atoms with Gasteiger partial charge in [0.2, 0.25) is 5.95 Å². The van der Waals surface area contributed by atoms with E-state index in [1.54, 1.807) is 14.2 Å². The quantitative estimate of drug-likeness (QED) is 0.249. The van der Waals surface area contributed by atoms with Crippen LogP contribution in [0.15, 0.2) is 73.1 Å². The number of nitrogens with two attached hydrogens (primary N) is 1. The minimum atomic E-state index is 0.425. The number of hydrogen-bond donors (Lipinski definition) is 1. The van der Waals surface area contributed by atoms with Crippen LogP contribution in [0.5, 0.6) is 17.2 Å². The third-order valence-corrected chi connectivity index (χ3v) is 7.62. The molecule has 0 amide bonds. The maximum Gasteiger partial charge on any atom is 0.201 e. The maximum atomic E-state index is 6.39. The van der Waals surface area contributed by atoms with Gasteiger partial charge in [-0.25, -0.2) is 4.98 Å². The van der Waals surface area contributed by atoms with Crippen molar-refractivity contribution in [3.8, 4) is 28.4 Å². The molecular weight excluding hydrogens is 532 g/mol. The molecule has 3 heterocycles. The summed E-state index contributed by atoms with van der Waals surface area (Å²) in [4.78, 5) is 7.07. The summed E-state index contributed by atoms with van der Waals surface area (Å²) in [5.74, 6) is 2.61. The van der Waals surface area contributed by atoms with Gasteiger partial charge in [-0.3, -0.25) is 9.58 Å². The molecule has 1 fully saturated rings. The number of fused-ring (bicyclic) bond motifs is 1. The molecule has 10 heteroatoms. The van der Waals surface area contributed by atoms with Gasteiger partial charge in [-0.1, -0.05) is 24.3 Å². The molecular formula is C32H36N6O4. The van der Waals surface area contributed by atoms with Crippen LogP contribution < -0.4 is 19.9 Å². The van der Waals surface area contributed by atoms with E-state index in [-0.39, 0.29) is 0 Å². The van der Waals surface area contributed by atoms with E-state index in [1.807, 2.05) is 57.9 Å². The van der Waals surface area contributed by atoms with E-state index in [9.17, 15) is 0 Å². The lowest BCUT2D eigenvalue weighted by molar-refractivity contribution is 0.0360. The Morgan fingerprint density at radius 1 is 0.857 bits per heavy atom. The van der Waals surface area contributed by atoms with Gasteiger partial charge in [0.25, 0.3) is 0 Å². The van der Waals surface area contributed by atoms with Gasteiger partial charge in [0.1, 0.15) is 12.4 Å². The van der Waals surface area contributed by atoms with Crippen molar-refractivity contribution in [1.82, 2.24) is 24.2 Å². The van der Waals surface area contributed by atoms with Crippen LogP contribution in [0.4, 0.5) is 5.95 Å². The van der Waals surface area contributed by atoms with Gasteiger partial charge >= 0.3 is 0 Å². The summed E-state index contributed by atoms with van der Waals surface area (Å²) in [6.45, 7) is 6.35. The number of benzene rings is 3. The van der Waals surface area contributed by atoms with Crippen LogP contribution in [0.2, 0.25) is 0 Å². The van der Waals surface area contributed by atoms with Crippen molar-refractivity contribution in [2.24, 2.45) is 0 Å². The maximum absolute atomic E-state index is 6.39. The SMILES string of the molecule is COc1ccc(COc2ccc(Cn3c(N)nc4cc(-c5cnn(CCN6CCOCC6)c5)ccc43)cc2OC)cc1. The van der Waals surface area contributed by atoms with Gasteiger partial charge in [-0.05, 0) is 53.1 Å². The van der Waals surface area contributed by atoms with Gasteiger partial charge in [-0.15, -0.1) is 0 Å². The largest absolute Gasteiger partial charge is 0.497 e. The van der Waals surface area contributed by atoms with Gasteiger partial charge in [-0.2, -0.15) is 5.10 Å². The molecule has 1 aliphatic rings. The zero-order valence-corrected chi connectivity index (χ0v) is 24.0. The number of nitrogens with zero attached hydrogens (tertiary/aromatic N) is 5. The van der Waals surface area contributed by atoms with Crippen molar-refractivity contribution in [1.29, 1.82) is 0 Å². The smallest absolute Gasteiger partial charge is 0.201 e. The highest BCUT2D eigenvalue weighted by atomic mass is 16.5. The van der Waals surface area contributed by atoms with Crippen molar-refractivity contribution < 1.29 is 18.9 Å². The highest BCUT2D eigenvalue weighted by Gasteiger charge is 2.14.